The topological polar surface area (TPSA) is 17.1 Å². The van der Waals surface area contributed by atoms with E-state index in [1.165, 1.54) is 12.0 Å². The molecule has 1 atom stereocenters. The Labute approximate surface area is 131 Å². The normalized spacial score (nSPS) is 14.7. The molecular weight excluding hydrogens is 256 g/mol. The maximum atomic E-state index is 12.0. The zero-order chi connectivity index (χ0) is 15.9. The van der Waals surface area contributed by atoms with E-state index in [0.29, 0.717) is 17.6 Å². The van der Waals surface area contributed by atoms with Crippen LogP contribution in [0.2, 0.25) is 0 Å². The van der Waals surface area contributed by atoms with Gasteiger partial charge in [-0.25, -0.2) is 0 Å². The summed E-state index contributed by atoms with van der Waals surface area (Å²) in [7, 11) is 0. The van der Waals surface area contributed by atoms with E-state index in [4.69, 9.17) is 0 Å². The first-order chi connectivity index (χ1) is 9.74. The van der Waals surface area contributed by atoms with Crippen LogP contribution in [0.25, 0.3) is 0 Å². The van der Waals surface area contributed by atoms with Gasteiger partial charge in [-0.2, -0.15) is 0 Å². The first-order valence-corrected chi connectivity index (χ1v) is 8.30. The van der Waals surface area contributed by atoms with E-state index >= 15 is 0 Å². The van der Waals surface area contributed by atoms with Gasteiger partial charge in [-0.15, -0.1) is 0 Å². The van der Waals surface area contributed by atoms with Gasteiger partial charge in [0.15, 0.2) is 0 Å². The minimum atomic E-state index is 0.135. The maximum absolute atomic E-state index is 12.0. The Morgan fingerprint density at radius 1 is 0.952 bits per heavy atom. The van der Waals surface area contributed by atoms with Gasteiger partial charge in [0, 0.05) is 12.8 Å². The van der Waals surface area contributed by atoms with E-state index in [1.807, 2.05) is 6.92 Å². The predicted octanol–water partition coefficient (Wildman–Crippen LogP) is 5.82. The van der Waals surface area contributed by atoms with Gasteiger partial charge in [0.25, 0.3) is 0 Å². The summed E-state index contributed by atoms with van der Waals surface area (Å²) in [4.78, 5) is 12.0. The number of hydrogen-bond donors (Lipinski definition) is 0. The number of aryl methyl sites for hydroxylation is 1. The quantitative estimate of drug-likeness (QED) is 0.589. The predicted molar refractivity (Wildman–Crippen MR) is 91.5 cm³/mol. The van der Waals surface area contributed by atoms with E-state index in [1.54, 1.807) is 0 Å². The summed E-state index contributed by atoms with van der Waals surface area (Å²) in [5.41, 5.74) is 1.85. The molecule has 0 fully saturated rings. The van der Waals surface area contributed by atoms with Crippen LogP contribution in [0.1, 0.15) is 72.3 Å². The lowest BCUT2D eigenvalue weighted by Crippen LogP contribution is -2.24. The van der Waals surface area contributed by atoms with Crippen LogP contribution in [0.3, 0.4) is 0 Å². The first-order valence-electron chi connectivity index (χ1n) is 8.30. The highest BCUT2D eigenvalue weighted by Crippen LogP contribution is 2.37. The van der Waals surface area contributed by atoms with Crippen molar-refractivity contribution in [1.82, 2.24) is 0 Å². The summed E-state index contributed by atoms with van der Waals surface area (Å²) in [6.45, 7) is 11.1. The number of benzene rings is 1. The van der Waals surface area contributed by atoms with Gasteiger partial charge >= 0.3 is 0 Å². The molecule has 0 spiro atoms. The molecule has 0 aromatic heterocycles. The number of carbonyl (C=O) groups excluding carboxylic acids is 1. The molecule has 118 valence electrons. The second-order valence-corrected chi connectivity index (χ2v) is 7.93. The third-order valence-corrected chi connectivity index (χ3v) is 4.36. The second-order valence-electron chi connectivity index (χ2n) is 7.93. The number of rotatable bonds is 8. The minimum Gasteiger partial charge on any atom is -0.300 e. The zero-order valence-electron chi connectivity index (χ0n) is 14.5. The Bertz CT molecular complexity index is 427. The standard InChI is InChI=1S/C20H32O/c1-6-18(21)16-20(5,15-14-19(2,3)4)13-12-17-10-8-7-9-11-17/h7-11H,6,12-16H2,1-5H3. The van der Waals surface area contributed by atoms with E-state index < -0.39 is 0 Å². The van der Waals surface area contributed by atoms with Crippen molar-refractivity contribution >= 4 is 5.78 Å². The molecule has 1 nitrogen and oxygen atoms in total. The molecule has 0 amide bonds. The molecule has 21 heavy (non-hydrogen) atoms. The molecule has 1 aromatic carbocycles. The molecule has 0 heterocycles. The molecule has 1 aromatic rings. The third-order valence-electron chi connectivity index (χ3n) is 4.36. The summed E-state index contributed by atoms with van der Waals surface area (Å²) in [6.07, 6.45) is 5.87. The highest BCUT2D eigenvalue weighted by Gasteiger charge is 2.28. The molecule has 0 radical (unpaired) electrons. The van der Waals surface area contributed by atoms with Gasteiger partial charge in [-0.05, 0) is 42.1 Å². The van der Waals surface area contributed by atoms with Crippen LogP contribution in [-0.2, 0) is 11.2 Å². The van der Waals surface area contributed by atoms with Crippen LogP contribution in [0.5, 0.6) is 0 Å². The lowest BCUT2D eigenvalue weighted by atomic mass is 9.72. The van der Waals surface area contributed by atoms with Crippen molar-refractivity contribution in [2.45, 2.75) is 73.1 Å². The summed E-state index contributed by atoms with van der Waals surface area (Å²) in [5, 5.41) is 0. The number of Topliss-reactive ketones (excluding diaryl/α,β-unsaturated/α-hetero) is 1. The van der Waals surface area contributed by atoms with Crippen molar-refractivity contribution in [3.8, 4) is 0 Å². The lowest BCUT2D eigenvalue weighted by molar-refractivity contribution is -0.121. The van der Waals surface area contributed by atoms with E-state index in [-0.39, 0.29) is 5.41 Å². The number of carbonyl (C=O) groups is 1. The zero-order valence-corrected chi connectivity index (χ0v) is 14.5. The molecule has 0 aliphatic heterocycles. The summed E-state index contributed by atoms with van der Waals surface area (Å²) < 4.78 is 0. The van der Waals surface area contributed by atoms with Crippen LogP contribution >= 0.6 is 0 Å². The fourth-order valence-corrected chi connectivity index (χ4v) is 2.67. The molecule has 1 rings (SSSR count). The molecular formula is C20H32O. The SMILES string of the molecule is CCC(=O)CC(C)(CCc1ccccc1)CCC(C)(C)C. The second kappa shape index (κ2) is 7.77. The van der Waals surface area contributed by atoms with E-state index in [9.17, 15) is 4.79 Å². The van der Waals surface area contributed by atoms with Gasteiger partial charge < -0.3 is 0 Å². The summed E-state index contributed by atoms with van der Waals surface area (Å²) in [5.74, 6) is 0.402. The van der Waals surface area contributed by atoms with Crippen molar-refractivity contribution < 1.29 is 4.79 Å². The van der Waals surface area contributed by atoms with Gasteiger partial charge in [0.05, 0.1) is 0 Å². The highest BCUT2D eigenvalue weighted by atomic mass is 16.1. The Kier molecular flexibility index (Phi) is 6.64. The lowest BCUT2D eigenvalue weighted by Gasteiger charge is -2.32. The van der Waals surface area contributed by atoms with Crippen molar-refractivity contribution in [2.24, 2.45) is 10.8 Å². The van der Waals surface area contributed by atoms with Gasteiger partial charge in [-0.1, -0.05) is 65.0 Å². The van der Waals surface area contributed by atoms with Crippen molar-refractivity contribution in [3.05, 3.63) is 35.9 Å². The van der Waals surface area contributed by atoms with E-state index in [0.717, 1.165) is 25.7 Å². The van der Waals surface area contributed by atoms with Gasteiger partial charge in [0.2, 0.25) is 0 Å². The van der Waals surface area contributed by atoms with Crippen molar-refractivity contribution in [3.63, 3.8) is 0 Å². The minimum absolute atomic E-state index is 0.135. The molecule has 0 saturated heterocycles. The highest BCUT2D eigenvalue weighted by molar-refractivity contribution is 5.78. The number of ketones is 1. The molecule has 1 heteroatoms. The Hall–Kier alpha value is -1.11. The largest absolute Gasteiger partial charge is 0.300 e. The average molecular weight is 288 g/mol. The molecule has 1 unspecified atom stereocenters. The molecule has 0 aliphatic rings. The monoisotopic (exact) mass is 288 g/mol. The van der Waals surface area contributed by atoms with Crippen molar-refractivity contribution in [1.29, 1.82) is 0 Å². The summed E-state index contributed by atoms with van der Waals surface area (Å²) in [6, 6.07) is 10.6. The maximum Gasteiger partial charge on any atom is 0.133 e. The van der Waals surface area contributed by atoms with E-state index in [2.05, 4.69) is 58.0 Å². The van der Waals surface area contributed by atoms with Crippen LogP contribution in [0.4, 0.5) is 0 Å². The van der Waals surface area contributed by atoms with Crippen LogP contribution in [0, 0.1) is 10.8 Å². The fourth-order valence-electron chi connectivity index (χ4n) is 2.67. The Morgan fingerprint density at radius 2 is 1.57 bits per heavy atom. The Balaban J connectivity index is 2.68. The molecule has 0 saturated carbocycles. The molecule has 0 aliphatic carbocycles. The summed E-state index contributed by atoms with van der Waals surface area (Å²) >= 11 is 0. The average Bonchev–Trinajstić information content (AvgIpc) is 2.44. The first kappa shape index (κ1) is 17.9. The smallest absolute Gasteiger partial charge is 0.133 e. The van der Waals surface area contributed by atoms with Gasteiger partial charge in [0.1, 0.15) is 5.78 Å². The van der Waals surface area contributed by atoms with Crippen LogP contribution < -0.4 is 0 Å². The third kappa shape index (κ3) is 7.45. The van der Waals surface area contributed by atoms with Crippen LogP contribution in [-0.4, -0.2) is 5.78 Å². The number of hydrogen-bond acceptors (Lipinski definition) is 1. The van der Waals surface area contributed by atoms with Gasteiger partial charge in [-0.3, -0.25) is 4.79 Å². The molecule has 0 N–H and O–H groups in total. The fraction of sp³-hybridized carbons (Fsp3) is 0.650. The van der Waals surface area contributed by atoms with Crippen LogP contribution in [0.15, 0.2) is 30.3 Å². The molecule has 0 bridgehead atoms. The van der Waals surface area contributed by atoms with Crippen molar-refractivity contribution in [2.75, 3.05) is 0 Å². The Morgan fingerprint density at radius 3 is 2.10 bits per heavy atom.